The predicted molar refractivity (Wildman–Crippen MR) is 180 cm³/mol. The first kappa shape index (κ1) is 31.8. The molecule has 0 saturated carbocycles. The average molecular weight is 670 g/mol. The van der Waals surface area contributed by atoms with Crippen molar-refractivity contribution in [1.82, 2.24) is 34.6 Å². The zero-order valence-electron chi connectivity index (χ0n) is 26.6. The number of benzene rings is 1. The van der Waals surface area contributed by atoms with Crippen LogP contribution in [-0.2, 0) is 25.9 Å². The molecule has 1 aliphatic rings. The predicted octanol–water partition coefficient (Wildman–Crippen LogP) is 6.95. The summed E-state index contributed by atoms with van der Waals surface area (Å²) in [4.78, 5) is 16.3. The second kappa shape index (κ2) is 13.0. The van der Waals surface area contributed by atoms with Gasteiger partial charge in [0, 0.05) is 65.1 Å². The summed E-state index contributed by atoms with van der Waals surface area (Å²) in [6.45, 7) is 6.98. The van der Waals surface area contributed by atoms with Gasteiger partial charge in [-0.05, 0) is 79.6 Å². The molecular formula is C35H34F3N9S. The maximum Gasteiger partial charge on any atom is 0.393 e. The number of alkyl halides is 3. The molecule has 1 aliphatic heterocycles. The summed E-state index contributed by atoms with van der Waals surface area (Å²) in [7, 11) is 0. The molecule has 9 nitrogen and oxygen atoms in total. The van der Waals surface area contributed by atoms with Crippen LogP contribution in [-0.4, -0.2) is 59.9 Å². The fourth-order valence-electron chi connectivity index (χ4n) is 6.88. The molecule has 1 saturated heterocycles. The zero-order chi connectivity index (χ0) is 33.4. The normalized spacial score (nSPS) is 17.0. The standard InChI is InChI=1S/C35H34F3N9S/c1-21-9-23(7-8-40-21)3-4-26-18-46(19-31(26)45-33-30-11-28(12-35(36,37)38)48-34(30)42-20-41-33)17-25-5-6-32-29(22(25)2)10-27(13-39)47(32)16-24-14-43-44-15-24/h5-11,14-15,20,26,31H,3-4,12,16-19H2,1-2H3,(H,43,44)(H,41,42,45). The third-order valence-electron chi connectivity index (χ3n) is 9.23. The maximum atomic E-state index is 13.2. The largest absolute Gasteiger partial charge is 0.393 e. The van der Waals surface area contributed by atoms with E-state index in [-0.39, 0.29) is 16.8 Å². The number of nitriles is 1. The molecule has 1 fully saturated rings. The van der Waals surface area contributed by atoms with Crippen LogP contribution in [0.1, 0.15) is 44.9 Å². The van der Waals surface area contributed by atoms with E-state index < -0.39 is 12.6 Å². The molecule has 246 valence electrons. The molecule has 1 aromatic carbocycles. The summed E-state index contributed by atoms with van der Waals surface area (Å²) in [6, 6.07) is 14.3. The Morgan fingerprint density at radius 3 is 2.69 bits per heavy atom. The van der Waals surface area contributed by atoms with Crippen molar-refractivity contribution < 1.29 is 13.2 Å². The van der Waals surface area contributed by atoms with Gasteiger partial charge in [0.2, 0.25) is 0 Å². The fraction of sp³-hybridized carbons (Fsp3) is 0.343. The van der Waals surface area contributed by atoms with Gasteiger partial charge in [-0.2, -0.15) is 23.5 Å². The Kier molecular flexibility index (Phi) is 8.61. The molecule has 6 aromatic rings. The van der Waals surface area contributed by atoms with E-state index in [1.54, 1.807) is 12.3 Å². The summed E-state index contributed by atoms with van der Waals surface area (Å²) in [5, 5.41) is 22.1. The third-order valence-corrected chi connectivity index (χ3v) is 10.3. The van der Waals surface area contributed by atoms with Crippen molar-refractivity contribution in [2.75, 3.05) is 18.4 Å². The van der Waals surface area contributed by atoms with Gasteiger partial charge in [0.15, 0.2) is 0 Å². The van der Waals surface area contributed by atoms with E-state index in [2.05, 4.69) is 72.6 Å². The number of pyridine rings is 1. The van der Waals surface area contributed by atoms with Crippen LogP contribution in [0.5, 0.6) is 0 Å². The van der Waals surface area contributed by atoms with Crippen LogP contribution in [0.2, 0.25) is 0 Å². The SMILES string of the molecule is Cc1cc(CCC2CN(Cc3ccc4c(cc(C#N)n4Cc4cn[nH]c4)c3C)CC2Nc2ncnc3sc(CC(F)(F)F)cc23)ccn1. The van der Waals surface area contributed by atoms with Gasteiger partial charge < -0.3 is 9.88 Å². The van der Waals surface area contributed by atoms with Crippen molar-refractivity contribution in [3.63, 3.8) is 0 Å². The van der Waals surface area contributed by atoms with E-state index >= 15 is 0 Å². The molecule has 0 bridgehead atoms. The second-order valence-electron chi connectivity index (χ2n) is 12.6. The van der Waals surface area contributed by atoms with Crippen molar-refractivity contribution >= 4 is 38.3 Å². The van der Waals surface area contributed by atoms with E-state index in [4.69, 9.17) is 0 Å². The van der Waals surface area contributed by atoms with Gasteiger partial charge in [-0.25, -0.2) is 9.97 Å². The zero-order valence-corrected chi connectivity index (χ0v) is 27.4. The summed E-state index contributed by atoms with van der Waals surface area (Å²) in [6.07, 6.45) is 3.42. The number of thiophene rings is 1. The van der Waals surface area contributed by atoms with Crippen molar-refractivity contribution in [2.24, 2.45) is 5.92 Å². The highest BCUT2D eigenvalue weighted by Gasteiger charge is 2.34. The van der Waals surface area contributed by atoms with Crippen LogP contribution in [0.4, 0.5) is 19.0 Å². The Morgan fingerprint density at radius 1 is 1.04 bits per heavy atom. The number of hydrogen-bond acceptors (Lipinski definition) is 8. The number of H-pyrrole nitrogens is 1. The average Bonchev–Trinajstić information content (AvgIpc) is 3.84. The molecule has 0 amide bonds. The number of fused-ring (bicyclic) bond motifs is 2. The van der Waals surface area contributed by atoms with E-state index in [0.717, 1.165) is 71.5 Å². The van der Waals surface area contributed by atoms with E-state index in [1.165, 1.54) is 17.5 Å². The minimum atomic E-state index is -4.29. The molecule has 2 atom stereocenters. The Labute approximate surface area is 279 Å². The van der Waals surface area contributed by atoms with E-state index in [0.29, 0.717) is 28.3 Å². The van der Waals surface area contributed by atoms with Crippen LogP contribution in [0.15, 0.2) is 61.3 Å². The fourth-order valence-corrected chi connectivity index (χ4v) is 7.91. The number of rotatable bonds is 10. The van der Waals surface area contributed by atoms with Crippen molar-refractivity contribution in [3.8, 4) is 6.07 Å². The van der Waals surface area contributed by atoms with E-state index in [1.807, 2.05) is 30.0 Å². The van der Waals surface area contributed by atoms with Gasteiger partial charge in [-0.3, -0.25) is 15.0 Å². The molecular weight excluding hydrogens is 636 g/mol. The minimum Gasteiger partial charge on any atom is -0.365 e. The highest BCUT2D eigenvalue weighted by atomic mass is 32.1. The topological polar surface area (TPSA) is 111 Å². The van der Waals surface area contributed by atoms with Gasteiger partial charge in [0.1, 0.15) is 28.7 Å². The van der Waals surface area contributed by atoms with Gasteiger partial charge in [0.05, 0.1) is 24.5 Å². The number of likely N-dealkylation sites (tertiary alicyclic amines) is 1. The lowest BCUT2D eigenvalue weighted by Gasteiger charge is -2.21. The summed E-state index contributed by atoms with van der Waals surface area (Å²) < 4.78 is 41.6. The second-order valence-corrected chi connectivity index (χ2v) is 13.7. The number of anilines is 1. The lowest BCUT2D eigenvalue weighted by molar-refractivity contribution is -0.126. The van der Waals surface area contributed by atoms with Crippen LogP contribution in [0.3, 0.4) is 0 Å². The van der Waals surface area contributed by atoms with Crippen molar-refractivity contribution in [1.29, 1.82) is 5.26 Å². The third kappa shape index (κ3) is 6.77. The van der Waals surface area contributed by atoms with Gasteiger partial charge in [-0.15, -0.1) is 11.3 Å². The quantitative estimate of drug-likeness (QED) is 0.162. The van der Waals surface area contributed by atoms with Gasteiger partial charge >= 0.3 is 6.18 Å². The summed E-state index contributed by atoms with van der Waals surface area (Å²) in [5.74, 6) is 0.837. The Morgan fingerprint density at radius 2 is 1.92 bits per heavy atom. The molecule has 13 heteroatoms. The first-order valence-corrected chi connectivity index (χ1v) is 16.6. The van der Waals surface area contributed by atoms with Gasteiger partial charge in [0.25, 0.3) is 0 Å². The maximum absolute atomic E-state index is 13.2. The molecule has 7 rings (SSSR count). The molecule has 2 N–H and O–H groups in total. The van der Waals surface area contributed by atoms with Crippen molar-refractivity contribution in [3.05, 3.63) is 99.8 Å². The molecule has 2 unspecified atom stereocenters. The number of hydrogen-bond donors (Lipinski definition) is 2. The number of aromatic amines is 1. The molecule has 6 heterocycles. The van der Waals surface area contributed by atoms with E-state index in [9.17, 15) is 18.4 Å². The first-order valence-electron chi connectivity index (χ1n) is 15.8. The van der Waals surface area contributed by atoms with Crippen LogP contribution in [0.25, 0.3) is 21.1 Å². The number of nitrogens with one attached hydrogen (secondary N) is 2. The summed E-state index contributed by atoms with van der Waals surface area (Å²) >= 11 is 1.06. The van der Waals surface area contributed by atoms with Crippen LogP contribution >= 0.6 is 11.3 Å². The highest BCUT2D eigenvalue weighted by Crippen LogP contribution is 2.35. The molecule has 0 radical (unpaired) electrons. The van der Waals surface area contributed by atoms with Gasteiger partial charge in [-0.1, -0.05) is 6.07 Å². The lowest BCUT2D eigenvalue weighted by atomic mass is 9.95. The smallest absolute Gasteiger partial charge is 0.365 e. The Balaban J connectivity index is 1.14. The number of halogens is 3. The Bertz CT molecular complexity index is 2110. The number of aromatic nitrogens is 6. The lowest BCUT2D eigenvalue weighted by Crippen LogP contribution is -2.29. The number of nitrogens with zero attached hydrogens (tertiary/aromatic N) is 7. The summed E-state index contributed by atoms with van der Waals surface area (Å²) in [5.41, 5.74) is 7.15. The Hall–Kier alpha value is -4.80. The minimum absolute atomic E-state index is 0.0299. The molecule has 0 spiro atoms. The van der Waals surface area contributed by atoms with Crippen molar-refractivity contribution in [2.45, 2.75) is 58.4 Å². The highest BCUT2D eigenvalue weighted by molar-refractivity contribution is 7.18. The molecule has 5 aromatic heterocycles. The first-order chi connectivity index (χ1) is 23.1. The van der Waals surface area contributed by atoms with Crippen LogP contribution < -0.4 is 5.32 Å². The number of aryl methyl sites for hydroxylation is 3. The van der Waals surface area contributed by atoms with Crippen LogP contribution in [0, 0.1) is 31.1 Å². The monoisotopic (exact) mass is 669 g/mol. The molecule has 0 aliphatic carbocycles. The molecule has 48 heavy (non-hydrogen) atoms.